The minimum atomic E-state index is 0.0250. The predicted octanol–water partition coefficient (Wildman–Crippen LogP) is 3.08. The van der Waals surface area contributed by atoms with E-state index in [0.717, 1.165) is 0 Å². The Hall–Kier alpha value is -1.51. The molecule has 0 amide bonds. The molecule has 3 heteroatoms. The maximum Gasteiger partial charge on any atom is 0.161 e. The minimum absolute atomic E-state index is 0.0250. The van der Waals surface area contributed by atoms with Crippen LogP contribution in [0.1, 0.15) is 38.1 Å². The van der Waals surface area contributed by atoms with Crippen LogP contribution in [0, 0.1) is 0 Å². The summed E-state index contributed by atoms with van der Waals surface area (Å²) in [6.07, 6.45) is 0.0855. The standard InChI is InChI=1S/C13H18O3/c1-5-15-13-8-11(10(4)14)6-7-12(13)16-9(2)3/h6-9H,5H2,1-4H3. The van der Waals surface area contributed by atoms with Crippen LogP contribution in [-0.4, -0.2) is 18.5 Å². The maximum absolute atomic E-state index is 11.2. The van der Waals surface area contributed by atoms with Crippen molar-refractivity contribution in [3.05, 3.63) is 23.8 Å². The fourth-order valence-electron chi connectivity index (χ4n) is 1.35. The number of benzene rings is 1. The van der Waals surface area contributed by atoms with E-state index in [9.17, 15) is 4.79 Å². The van der Waals surface area contributed by atoms with Gasteiger partial charge >= 0.3 is 0 Å². The molecule has 0 aliphatic rings. The van der Waals surface area contributed by atoms with Gasteiger partial charge in [0.1, 0.15) is 0 Å². The Labute approximate surface area is 96.4 Å². The predicted molar refractivity (Wildman–Crippen MR) is 63.4 cm³/mol. The van der Waals surface area contributed by atoms with Crippen molar-refractivity contribution in [2.24, 2.45) is 0 Å². The summed E-state index contributed by atoms with van der Waals surface area (Å²) in [6, 6.07) is 5.26. The van der Waals surface area contributed by atoms with Gasteiger partial charge in [-0.2, -0.15) is 0 Å². The number of carbonyl (C=O) groups excluding carboxylic acids is 1. The monoisotopic (exact) mass is 222 g/mol. The fraction of sp³-hybridized carbons (Fsp3) is 0.462. The van der Waals surface area contributed by atoms with Gasteiger partial charge in [0, 0.05) is 5.56 Å². The molecule has 0 atom stereocenters. The molecule has 0 saturated heterocycles. The lowest BCUT2D eigenvalue weighted by Crippen LogP contribution is -2.08. The second-order valence-electron chi connectivity index (χ2n) is 3.82. The second kappa shape index (κ2) is 5.54. The van der Waals surface area contributed by atoms with Crippen LogP contribution in [0.5, 0.6) is 11.5 Å². The van der Waals surface area contributed by atoms with Crippen LogP contribution in [0.25, 0.3) is 0 Å². The van der Waals surface area contributed by atoms with Crippen molar-refractivity contribution in [3.63, 3.8) is 0 Å². The summed E-state index contributed by atoms with van der Waals surface area (Å²) in [5, 5.41) is 0. The number of Topliss-reactive ketones (excluding diaryl/α,β-unsaturated/α-hetero) is 1. The van der Waals surface area contributed by atoms with E-state index in [1.165, 1.54) is 6.92 Å². The Kier molecular flexibility index (Phi) is 4.35. The summed E-state index contributed by atoms with van der Waals surface area (Å²) >= 11 is 0. The van der Waals surface area contributed by atoms with Crippen LogP contribution in [0.4, 0.5) is 0 Å². The molecule has 0 radical (unpaired) electrons. The number of ketones is 1. The van der Waals surface area contributed by atoms with E-state index in [0.29, 0.717) is 23.7 Å². The summed E-state index contributed by atoms with van der Waals surface area (Å²) in [4.78, 5) is 11.2. The highest BCUT2D eigenvalue weighted by Gasteiger charge is 2.09. The molecule has 0 bridgehead atoms. The third-order valence-corrected chi connectivity index (χ3v) is 2.01. The summed E-state index contributed by atoms with van der Waals surface area (Å²) in [5.41, 5.74) is 0.638. The van der Waals surface area contributed by atoms with Gasteiger partial charge in [0.25, 0.3) is 0 Å². The molecule has 0 aliphatic heterocycles. The highest BCUT2D eigenvalue weighted by molar-refractivity contribution is 5.94. The Balaban J connectivity index is 3.03. The van der Waals surface area contributed by atoms with E-state index in [4.69, 9.17) is 9.47 Å². The number of ether oxygens (including phenoxy) is 2. The average Bonchev–Trinajstić information content (AvgIpc) is 2.20. The zero-order valence-electron chi connectivity index (χ0n) is 10.2. The van der Waals surface area contributed by atoms with E-state index in [2.05, 4.69) is 0 Å². The van der Waals surface area contributed by atoms with Gasteiger partial charge < -0.3 is 9.47 Å². The van der Waals surface area contributed by atoms with Crippen molar-refractivity contribution >= 4 is 5.78 Å². The van der Waals surface area contributed by atoms with Crippen molar-refractivity contribution < 1.29 is 14.3 Å². The number of hydrogen-bond acceptors (Lipinski definition) is 3. The lowest BCUT2D eigenvalue weighted by molar-refractivity contribution is 0.101. The van der Waals surface area contributed by atoms with Crippen molar-refractivity contribution in [1.82, 2.24) is 0 Å². The molecule has 0 N–H and O–H groups in total. The van der Waals surface area contributed by atoms with Crippen LogP contribution in [0.2, 0.25) is 0 Å². The zero-order chi connectivity index (χ0) is 12.1. The third-order valence-electron chi connectivity index (χ3n) is 2.01. The van der Waals surface area contributed by atoms with Gasteiger partial charge in [0.05, 0.1) is 12.7 Å². The average molecular weight is 222 g/mol. The second-order valence-corrected chi connectivity index (χ2v) is 3.82. The molecular weight excluding hydrogens is 204 g/mol. The largest absolute Gasteiger partial charge is 0.490 e. The smallest absolute Gasteiger partial charge is 0.161 e. The van der Waals surface area contributed by atoms with Crippen LogP contribution >= 0.6 is 0 Å². The number of hydrogen-bond donors (Lipinski definition) is 0. The molecule has 0 saturated carbocycles. The van der Waals surface area contributed by atoms with Gasteiger partial charge in [0.15, 0.2) is 17.3 Å². The van der Waals surface area contributed by atoms with Crippen molar-refractivity contribution in [1.29, 1.82) is 0 Å². The molecule has 0 aromatic heterocycles. The van der Waals surface area contributed by atoms with E-state index < -0.39 is 0 Å². The van der Waals surface area contributed by atoms with Crippen LogP contribution in [0.15, 0.2) is 18.2 Å². The van der Waals surface area contributed by atoms with E-state index >= 15 is 0 Å². The van der Waals surface area contributed by atoms with Crippen LogP contribution < -0.4 is 9.47 Å². The van der Waals surface area contributed by atoms with Gasteiger partial charge in [-0.3, -0.25) is 4.79 Å². The molecule has 0 fully saturated rings. The van der Waals surface area contributed by atoms with E-state index in [1.807, 2.05) is 20.8 Å². The molecule has 0 spiro atoms. The lowest BCUT2D eigenvalue weighted by Gasteiger charge is -2.14. The number of carbonyl (C=O) groups is 1. The molecule has 0 unspecified atom stereocenters. The topological polar surface area (TPSA) is 35.5 Å². The van der Waals surface area contributed by atoms with Gasteiger partial charge in [0.2, 0.25) is 0 Å². The fourth-order valence-corrected chi connectivity index (χ4v) is 1.35. The molecule has 0 heterocycles. The van der Waals surface area contributed by atoms with Crippen molar-refractivity contribution in [2.75, 3.05) is 6.61 Å². The van der Waals surface area contributed by atoms with Gasteiger partial charge in [-0.05, 0) is 45.9 Å². The van der Waals surface area contributed by atoms with Gasteiger partial charge in [-0.25, -0.2) is 0 Å². The Morgan fingerprint density at radius 1 is 1.31 bits per heavy atom. The van der Waals surface area contributed by atoms with Crippen molar-refractivity contribution in [3.8, 4) is 11.5 Å². The first kappa shape index (κ1) is 12.6. The van der Waals surface area contributed by atoms with Crippen molar-refractivity contribution in [2.45, 2.75) is 33.8 Å². The molecule has 88 valence electrons. The van der Waals surface area contributed by atoms with Gasteiger partial charge in [-0.15, -0.1) is 0 Å². The molecular formula is C13H18O3. The quantitative estimate of drug-likeness (QED) is 0.718. The SMILES string of the molecule is CCOc1cc(C(C)=O)ccc1OC(C)C. The van der Waals surface area contributed by atoms with Crippen LogP contribution in [-0.2, 0) is 0 Å². The molecule has 1 rings (SSSR count). The first-order valence-corrected chi connectivity index (χ1v) is 5.49. The summed E-state index contributed by atoms with van der Waals surface area (Å²) in [5.74, 6) is 1.34. The number of rotatable bonds is 5. The Bertz CT molecular complexity index is 369. The van der Waals surface area contributed by atoms with Gasteiger partial charge in [-0.1, -0.05) is 0 Å². The highest BCUT2D eigenvalue weighted by Crippen LogP contribution is 2.29. The van der Waals surface area contributed by atoms with Crippen LogP contribution in [0.3, 0.4) is 0 Å². The summed E-state index contributed by atoms with van der Waals surface area (Å²) in [6.45, 7) is 7.90. The first-order valence-electron chi connectivity index (χ1n) is 5.49. The first-order chi connectivity index (χ1) is 7.54. The Morgan fingerprint density at radius 3 is 2.50 bits per heavy atom. The molecule has 1 aromatic carbocycles. The maximum atomic E-state index is 11.2. The molecule has 16 heavy (non-hydrogen) atoms. The highest BCUT2D eigenvalue weighted by atomic mass is 16.5. The zero-order valence-corrected chi connectivity index (χ0v) is 10.2. The Morgan fingerprint density at radius 2 is 2.00 bits per heavy atom. The van der Waals surface area contributed by atoms with E-state index in [-0.39, 0.29) is 11.9 Å². The molecule has 1 aromatic rings. The normalized spacial score (nSPS) is 10.3. The third kappa shape index (κ3) is 3.26. The minimum Gasteiger partial charge on any atom is -0.490 e. The lowest BCUT2D eigenvalue weighted by atomic mass is 10.1. The van der Waals surface area contributed by atoms with E-state index in [1.54, 1.807) is 18.2 Å². The molecule has 0 aliphatic carbocycles. The summed E-state index contributed by atoms with van der Waals surface area (Å²) in [7, 11) is 0. The molecule has 3 nitrogen and oxygen atoms in total. The summed E-state index contributed by atoms with van der Waals surface area (Å²) < 4.78 is 11.0.